The number of halogens is 2. The molecule has 0 atom stereocenters. The van der Waals surface area contributed by atoms with E-state index in [1.54, 1.807) is 38.4 Å². The summed E-state index contributed by atoms with van der Waals surface area (Å²) in [6, 6.07) is 10.2. The van der Waals surface area contributed by atoms with Gasteiger partial charge in [0.15, 0.2) is 29.0 Å². The van der Waals surface area contributed by atoms with Crippen LogP contribution < -0.4 is 29.6 Å². The molecule has 0 unspecified atom stereocenters. The highest BCUT2D eigenvalue weighted by atomic mass is 19.3. The molecule has 2 rings (SSSR count). The SMILES string of the molecule is CCOc1cc(NC(=NC)NCc2ccc(OC)c(OC(F)F)c2)ccc1OC. The summed E-state index contributed by atoms with van der Waals surface area (Å²) in [5, 5.41) is 6.26. The van der Waals surface area contributed by atoms with E-state index in [1.165, 1.54) is 13.2 Å². The zero-order chi connectivity index (χ0) is 21.2. The van der Waals surface area contributed by atoms with Gasteiger partial charge in [-0.3, -0.25) is 4.99 Å². The summed E-state index contributed by atoms with van der Waals surface area (Å²) < 4.78 is 45.5. The molecule has 0 spiro atoms. The van der Waals surface area contributed by atoms with Crippen LogP contribution in [0.4, 0.5) is 14.5 Å². The molecule has 7 nitrogen and oxygen atoms in total. The zero-order valence-electron chi connectivity index (χ0n) is 16.8. The van der Waals surface area contributed by atoms with Gasteiger partial charge >= 0.3 is 6.61 Å². The quantitative estimate of drug-likeness (QED) is 0.484. The second-order valence-corrected chi connectivity index (χ2v) is 5.71. The van der Waals surface area contributed by atoms with Crippen LogP contribution in [-0.4, -0.2) is 40.4 Å². The smallest absolute Gasteiger partial charge is 0.387 e. The first-order chi connectivity index (χ1) is 14.0. The maximum atomic E-state index is 12.6. The van der Waals surface area contributed by atoms with E-state index >= 15 is 0 Å². The molecule has 158 valence electrons. The average molecular weight is 409 g/mol. The van der Waals surface area contributed by atoms with Crippen molar-refractivity contribution >= 4 is 11.6 Å². The predicted octanol–water partition coefficient (Wildman–Crippen LogP) is 3.89. The van der Waals surface area contributed by atoms with Gasteiger partial charge in [-0.2, -0.15) is 8.78 Å². The van der Waals surface area contributed by atoms with E-state index < -0.39 is 6.61 Å². The van der Waals surface area contributed by atoms with Crippen LogP contribution in [-0.2, 0) is 6.54 Å². The van der Waals surface area contributed by atoms with Crippen molar-refractivity contribution in [1.82, 2.24) is 5.32 Å². The summed E-state index contributed by atoms with van der Waals surface area (Å²) in [5.41, 5.74) is 1.47. The van der Waals surface area contributed by atoms with Gasteiger partial charge in [0.25, 0.3) is 0 Å². The summed E-state index contributed by atoms with van der Waals surface area (Å²) in [5.74, 6) is 1.94. The van der Waals surface area contributed by atoms with Crippen LogP contribution in [0.15, 0.2) is 41.4 Å². The van der Waals surface area contributed by atoms with Crippen LogP contribution in [0.25, 0.3) is 0 Å². The van der Waals surface area contributed by atoms with Gasteiger partial charge < -0.3 is 29.6 Å². The summed E-state index contributed by atoms with van der Waals surface area (Å²) in [7, 11) is 4.59. The molecule has 0 bridgehead atoms. The number of ether oxygens (including phenoxy) is 4. The Labute approximate surface area is 168 Å². The predicted molar refractivity (Wildman–Crippen MR) is 108 cm³/mol. The Bertz CT molecular complexity index is 831. The van der Waals surface area contributed by atoms with Crippen LogP contribution in [0.5, 0.6) is 23.0 Å². The van der Waals surface area contributed by atoms with E-state index in [2.05, 4.69) is 20.4 Å². The van der Waals surface area contributed by atoms with Crippen LogP contribution in [0.1, 0.15) is 12.5 Å². The molecule has 9 heteroatoms. The molecule has 2 N–H and O–H groups in total. The lowest BCUT2D eigenvalue weighted by Crippen LogP contribution is -2.30. The highest BCUT2D eigenvalue weighted by Crippen LogP contribution is 2.31. The molecular formula is C20H25F2N3O4. The summed E-state index contributed by atoms with van der Waals surface area (Å²) in [6.45, 7) is -0.206. The van der Waals surface area contributed by atoms with Gasteiger partial charge in [0.05, 0.1) is 20.8 Å². The number of hydrogen-bond acceptors (Lipinski definition) is 5. The summed E-state index contributed by atoms with van der Waals surface area (Å²) >= 11 is 0. The van der Waals surface area contributed by atoms with Crippen molar-refractivity contribution in [3.8, 4) is 23.0 Å². The number of rotatable bonds is 9. The molecule has 0 saturated carbocycles. The van der Waals surface area contributed by atoms with E-state index in [9.17, 15) is 8.78 Å². The van der Waals surface area contributed by atoms with Gasteiger partial charge in [0, 0.05) is 25.3 Å². The molecule has 0 aliphatic rings. The summed E-state index contributed by atoms with van der Waals surface area (Å²) in [4.78, 5) is 4.17. The number of nitrogens with one attached hydrogen (secondary N) is 2. The minimum absolute atomic E-state index is 0.0266. The fourth-order valence-electron chi connectivity index (χ4n) is 2.54. The minimum atomic E-state index is -2.93. The normalized spacial score (nSPS) is 11.2. The Morgan fingerprint density at radius 2 is 1.69 bits per heavy atom. The number of methoxy groups -OCH3 is 2. The van der Waals surface area contributed by atoms with Crippen molar-refractivity contribution in [1.29, 1.82) is 0 Å². The number of guanidine groups is 1. The fraction of sp³-hybridized carbons (Fsp3) is 0.350. The first-order valence-electron chi connectivity index (χ1n) is 8.90. The third-order valence-electron chi connectivity index (χ3n) is 3.85. The summed E-state index contributed by atoms with van der Waals surface area (Å²) in [6.07, 6.45) is 0. The molecule has 0 radical (unpaired) electrons. The Hall–Kier alpha value is -3.23. The van der Waals surface area contributed by atoms with Gasteiger partial charge in [0.2, 0.25) is 0 Å². The van der Waals surface area contributed by atoms with E-state index in [1.807, 2.05) is 13.0 Å². The molecule has 0 amide bonds. The van der Waals surface area contributed by atoms with Gasteiger partial charge in [0.1, 0.15) is 0 Å². The molecule has 2 aromatic rings. The number of nitrogens with zero attached hydrogens (tertiary/aromatic N) is 1. The van der Waals surface area contributed by atoms with Crippen LogP contribution in [0.3, 0.4) is 0 Å². The molecule has 0 saturated heterocycles. The van der Waals surface area contributed by atoms with Gasteiger partial charge in [-0.15, -0.1) is 0 Å². The first kappa shape index (κ1) is 22.1. The topological polar surface area (TPSA) is 73.3 Å². The zero-order valence-corrected chi connectivity index (χ0v) is 16.8. The maximum Gasteiger partial charge on any atom is 0.387 e. The first-order valence-corrected chi connectivity index (χ1v) is 8.90. The van der Waals surface area contributed by atoms with E-state index in [-0.39, 0.29) is 11.5 Å². The van der Waals surface area contributed by atoms with Crippen molar-refractivity contribution in [2.45, 2.75) is 20.1 Å². The highest BCUT2D eigenvalue weighted by molar-refractivity contribution is 5.93. The molecule has 0 aliphatic carbocycles. The van der Waals surface area contributed by atoms with Crippen molar-refractivity contribution in [3.63, 3.8) is 0 Å². The number of anilines is 1. The lowest BCUT2D eigenvalue weighted by molar-refractivity contribution is -0.0512. The van der Waals surface area contributed by atoms with Gasteiger partial charge in [-0.1, -0.05) is 6.07 Å². The van der Waals surface area contributed by atoms with E-state index in [0.717, 1.165) is 5.69 Å². The lowest BCUT2D eigenvalue weighted by Gasteiger charge is -2.15. The third-order valence-corrected chi connectivity index (χ3v) is 3.85. The molecule has 0 aromatic heterocycles. The maximum absolute atomic E-state index is 12.6. The molecule has 2 aromatic carbocycles. The molecule has 0 heterocycles. The van der Waals surface area contributed by atoms with Crippen LogP contribution in [0, 0.1) is 0 Å². The fourth-order valence-corrected chi connectivity index (χ4v) is 2.54. The number of hydrogen-bond donors (Lipinski definition) is 2. The lowest BCUT2D eigenvalue weighted by atomic mass is 10.2. The standard InChI is InChI=1S/C20H25F2N3O4/c1-5-28-17-11-14(7-9-15(17)26-3)25-20(23-2)24-12-13-6-8-16(27-4)18(10-13)29-19(21)22/h6-11,19H,5,12H2,1-4H3,(H2,23,24,25). The third kappa shape index (κ3) is 6.41. The average Bonchev–Trinajstić information content (AvgIpc) is 2.71. The Morgan fingerprint density at radius 3 is 2.31 bits per heavy atom. The molecule has 29 heavy (non-hydrogen) atoms. The van der Waals surface area contributed by atoms with Crippen molar-refractivity contribution in [2.24, 2.45) is 4.99 Å². The Morgan fingerprint density at radius 1 is 1.00 bits per heavy atom. The second kappa shape index (κ2) is 10.9. The monoisotopic (exact) mass is 409 g/mol. The minimum Gasteiger partial charge on any atom is -0.493 e. The van der Waals surface area contributed by atoms with E-state index in [4.69, 9.17) is 14.2 Å². The number of benzene rings is 2. The second-order valence-electron chi connectivity index (χ2n) is 5.71. The van der Waals surface area contributed by atoms with Crippen molar-refractivity contribution in [2.75, 3.05) is 33.2 Å². The van der Waals surface area contributed by atoms with Crippen LogP contribution in [0.2, 0.25) is 0 Å². The largest absolute Gasteiger partial charge is 0.493 e. The molecule has 0 fully saturated rings. The Kier molecular flexibility index (Phi) is 8.32. The number of aliphatic imine (C=N–C) groups is 1. The van der Waals surface area contributed by atoms with Gasteiger partial charge in [-0.05, 0) is 36.8 Å². The highest BCUT2D eigenvalue weighted by Gasteiger charge is 2.12. The Balaban J connectivity index is 2.07. The van der Waals surface area contributed by atoms with Crippen LogP contribution >= 0.6 is 0 Å². The van der Waals surface area contributed by atoms with Crippen molar-refractivity contribution < 1.29 is 27.7 Å². The molecular weight excluding hydrogens is 384 g/mol. The molecule has 0 aliphatic heterocycles. The van der Waals surface area contributed by atoms with Crippen molar-refractivity contribution in [3.05, 3.63) is 42.0 Å². The van der Waals surface area contributed by atoms with Gasteiger partial charge in [-0.25, -0.2) is 0 Å². The number of alkyl halides is 2. The van der Waals surface area contributed by atoms with E-state index in [0.29, 0.717) is 36.2 Å².